The molecule has 0 radical (unpaired) electrons. The van der Waals surface area contributed by atoms with Crippen molar-refractivity contribution in [3.63, 3.8) is 0 Å². The summed E-state index contributed by atoms with van der Waals surface area (Å²) in [6.07, 6.45) is 6.87. The molecular formula is C15H20N4O. The highest BCUT2D eigenvalue weighted by Gasteiger charge is 2.49. The van der Waals surface area contributed by atoms with Gasteiger partial charge in [-0.2, -0.15) is 0 Å². The first-order chi connectivity index (χ1) is 10.7. The monoisotopic (exact) mass is 275 g/mol. The first-order valence-corrected chi connectivity index (χ1v) is 6.73. The molecule has 2 aromatic rings. The summed E-state index contributed by atoms with van der Waals surface area (Å²) in [4.78, 5) is 17.0. The third kappa shape index (κ3) is 1.81. The third-order valence-electron chi connectivity index (χ3n) is 4.23. The Bertz CT molecular complexity index is 747. The molecule has 0 aliphatic heterocycles. The number of amides is 1. The molecule has 1 saturated carbocycles. The smallest absolute Gasteiger partial charge is 0.244 e. The van der Waals surface area contributed by atoms with Gasteiger partial charge in [0.05, 0.1) is 5.41 Å². The lowest BCUT2D eigenvalue weighted by molar-refractivity contribution is -0.132. The van der Waals surface area contributed by atoms with Gasteiger partial charge in [-0.3, -0.25) is 10.2 Å². The van der Waals surface area contributed by atoms with Crippen LogP contribution >= 0.6 is 0 Å². The van der Waals surface area contributed by atoms with E-state index in [0.717, 1.165) is 16.8 Å². The summed E-state index contributed by atoms with van der Waals surface area (Å²) in [5, 5.41) is 0. The molecule has 1 amide bonds. The molecule has 2 aromatic heterocycles. The molecule has 1 aliphatic rings. The molecule has 2 heterocycles. The van der Waals surface area contributed by atoms with Gasteiger partial charge in [-0.1, -0.05) is 6.92 Å². The van der Waals surface area contributed by atoms with Crippen LogP contribution in [-0.4, -0.2) is 22.3 Å². The Balaban J connectivity index is 1.95. The third-order valence-corrected chi connectivity index (χ3v) is 4.23. The van der Waals surface area contributed by atoms with Crippen LogP contribution in [0.25, 0.3) is 5.65 Å². The van der Waals surface area contributed by atoms with Crippen LogP contribution in [0.15, 0.2) is 24.7 Å². The number of nitrogens with zero attached hydrogens (tertiary/aromatic N) is 2. The molecule has 0 atom stereocenters. The molecule has 0 spiro atoms. The van der Waals surface area contributed by atoms with Gasteiger partial charge in [-0.25, -0.2) is 10.4 Å². The van der Waals surface area contributed by atoms with Gasteiger partial charge >= 0.3 is 0 Å². The normalized spacial score (nSPS) is 28.3. The van der Waals surface area contributed by atoms with Crippen LogP contribution in [0.2, 0.25) is 0 Å². The van der Waals surface area contributed by atoms with Crippen molar-refractivity contribution in [3.05, 3.63) is 35.8 Å². The van der Waals surface area contributed by atoms with E-state index < -0.39 is 12.4 Å². The van der Waals surface area contributed by atoms with E-state index in [9.17, 15) is 4.79 Å². The number of pyridine rings is 1. The molecule has 0 saturated heterocycles. The zero-order valence-electron chi connectivity index (χ0n) is 14.6. The first-order valence-electron chi connectivity index (χ1n) is 8.23. The van der Waals surface area contributed by atoms with Crippen molar-refractivity contribution in [1.82, 2.24) is 20.2 Å². The van der Waals surface area contributed by atoms with Crippen LogP contribution in [0.4, 0.5) is 0 Å². The minimum Gasteiger partial charge on any atom is -0.307 e. The fourth-order valence-corrected chi connectivity index (χ4v) is 3.33. The predicted octanol–water partition coefficient (Wildman–Crippen LogP) is 1.56. The minimum atomic E-state index is -2.41. The molecule has 5 heteroatoms. The van der Waals surface area contributed by atoms with Gasteiger partial charge in [-0.05, 0) is 42.9 Å². The summed E-state index contributed by atoms with van der Waals surface area (Å²) in [6.45, 7) is 1.64. The second-order valence-corrected chi connectivity index (χ2v) is 5.74. The number of rotatable bonds is 3. The maximum absolute atomic E-state index is 12.7. The largest absolute Gasteiger partial charge is 0.307 e. The standard InChI is InChI=1S/C15H20N4O/c1-10-7-15(8-10,14(20)18-16-3)12-6-11(2)13-17-4-5-19(13)9-12/h4-6,9-10,16H,7-8H2,1-3H3,(H,18,20)/i3D3. The van der Waals surface area contributed by atoms with Crippen molar-refractivity contribution in [2.45, 2.75) is 32.1 Å². The average molecular weight is 275 g/mol. The maximum atomic E-state index is 12.7. The highest BCUT2D eigenvalue weighted by molar-refractivity contribution is 5.89. The van der Waals surface area contributed by atoms with Gasteiger partial charge in [0.25, 0.3) is 0 Å². The Kier molecular flexibility index (Phi) is 2.28. The number of hydrogen-bond donors (Lipinski definition) is 2. The van der Waals surface area contributed by atoms with Gasteiger partial charge in [0.15, 0.2) is 0 Å². The minimum absolute atomic E-state index is 0.300. The number of hydrazine groups is 1. The molecular weight excluding hydrogens is 252 g/mol. The number of imidazole rings is 1. The quantitative estimate of drug-likeness (QED) is 0.836. The van der Waals surface area contributed by atoms with E-state index in [1.54, 1.807) is 6.20 Å². The van der Waals surface area contributed by atoms with Gasteiger partial charge in [0.2, 0.25) is 5.91 Å². The average Bonchev–Trinajstić information content (AvgIpc) is 2.89. The van der Waals surface area contributed by atoms with Gasteiger partial charge in [-0.15, -0.1) is 0 Å². The van der Waals surface area contributed by atoms with E-state index >= 15 is 0 Å². The molecule has 3 rings (SSSR count). The molecule has 1 fully saturated rings. The van der Waals surface area contributed by atoms with Crippen LogP contribution in [0.5, 0.6) is 0 Å². The summed E-state index contributed by atoms with van der Waals surface area (Å²) in [5.74, 6) is 0.123. The molecule has 20 heavy (non-hydrogen) atoms. The van der Waals surface area contributed by atoms with Crippen LogP contribution in [0, 0.1) is 12.8 Å². The maximum Gasteiger partial charge on any atom is 0.244 e. The summed E-state index contributed by atoms with van der Waals surface area (Å²) >= 11 is 0. The SMILES string of the molecule is [2H]C([2H])([2H])NNC(=O)C1(c2cc(C)c3nccn3c2)CC(C)C1. The number of aromatic nitrogens is 2. The number of fused-ring (bicyclic) bond motifs is 1. The Morgan fingerprint density at radius 1 is 1.60 bits per heavy atom. The lowest BCUT2D eigenvalue weighted by Crippen LogP contribution is -2.55. The van der Waals surface area contributed by atoms with Crippen LogP contribution in [-0.2, 0) is 10.2 Å². The number of hydrogen-bond acceptors (Lipinski definition) is 3. The van der Waals surface area contributed by atoms with Crippen LogP contribution in [0.1, 0.15) is 35.0 Å². The number of nitrogens with one attached hydrogen (secondary N) is 2. The summed E-state index contributed by atoms with van der Waals surface area (Å²) in [6, 6.07) is 1.98. The molecule has 1 aliphatic carbocycles. The van der Waals surface area contributed by atoms with Gasteiger partial charge < -0.3 is 4.40 Å². The molecule has 0 unspecified atom stereocenters. The summed E-state index contributed by atoms with van der Waals surface area (Å²) in [7, 11) is 0. The molecule has 0 aromatic carbocycles. The van der Waals surface area contributed by atoms with E-state index in [0.29, 0.717) is 18.8 Å². The highest BCUT2D eigenvalue weighted by Crippen LogP contribution is 2.48. The van der Waals surface area contributed by atoms with Gasteiger partial charge in [0, 0.05) is 29.7 Å². The number of carbonyl (C=O) groups is 1. The van der Waals surface area contributed by atoms with E-state index in [4.69, 9.17) is 4.11 Å². The Morgan fingerprint density at radius 3 is 3.10 bits per heavy atom. The van der Waals surface area contributed by atoms with Crippen molar-refractivity contribution in [2.75, 3.05) is 6.98 Å². The van der Waals surface area contributed by atoms with Crippen molar-refractivity contribution in [1.29, 1.82) is 0 Å². The van der Waals surface area contributed by atoms with Crippen molar-refractivity contribution < 1.29 is 8.91 Å². The topological polar surface area (TPSA) is 58.4 Å². The summed E-state index contributed by atoms with van der Waals surface area (Å²) < 4.78 is 23.4. The second-order valence-electron chi connectivity index (χ2n) is 5.74. The summed E-state index contributed by atoms with van der Waals surface area (Å²) in [5.41, 5.74) is 6.52. The Morgan fingerprint density at radius 2 is 2.40 bits per heavy atom. The van der Waals surface area contributed by atoms with E-state index in [1.165, 1.54) is 0 Å². The first kappa shape index (κ1) is 9.94. The van der Waals surface area contributed by atoms with Crippen LogP contribution < -0.4 is 10.9 Å². The predicted molar refractivity (Wildman–Crippen MR) is 77.2 cm³/mol. The fraction of sp³-hybridized carbons (Fsp3) is 0.467. The molecule has 0 bridgehead atoms. The zero-order valence-corrected chi connectivity index (χ0v) is 11.6. The lowest BCUT2D eigenvalue weighted by Gasteiger charge is -2.45. The number of aryl methyl sites for hydroxylation is 1. The van der Waals surface area contributed by atoms with Crippen LogP contribution in [0.3, 0.4) is 0 Å². The lowest BCUT2D eigenvalue weighted by atomic mass is 9.59. The van der Waals surface area contributed by atoms with Crippen molar-refractivity contribution >= 4 is 11.6 Å². The Labute approximate surface area is 122 Å². The van der Waals surface area contributed by atoms with Gasteiger partial charge in [0.1, 0.15) is 5.65 Å². The fourth-order valence-electron chi connectivity index (χ4n) is 3.33. The molecule has 2 N–H and O–H groups in total. The van der Waals surface area contributed by atoms with Crippen molar-refractivity contribution in [3.8, 4) is 0 Å². The highest BCUT2D eigenvalue weighted by atomic mass is 16.2. The zero-order chi connectivity index (χ0) is 16.8. The van der Waals surface area contributed by atoms with E-state index in [2.05, 4.69) is 22.8 Å². The second kappa shape index (κ2) is 4.59. The number of carbonyl (C=O) groups excluding carboxylic acids is 1. The Hall–Kier alpha value is -1.88. The van der Waals surface area contributed by atoms with E-state index in [1.807, 2.05) is 29.8 Å². The molecule has 5 nitrogen and oxygen atoms in total. The van der Waals surface area contributed by atoms with E-state index in [-0.39, 0.29) is 5.91 Å². The van der Waals surface area contributed by atoms with Crippen molar-refractivity contribution in [2.24, 2.45) is 5.92 Å². The molecule has 106 valence electrons.